The van der Waals surface area contributed by atoms with Gasteiger partial charge in [0.25, 0.3) is 11.6 Å². The molecule has 1 heterocycles. The summed E-state index contributed by atoms with van der Waals surface area (Å²) in [5.41, 5.74) is 0.110. The van der Waals surface area contributed by atoms with Gasteiger partial charge >= 0.3 is 5.97 Å². The molecule has 0 aromatic carbocycles. The van der Waals surface area contributed by atoms with Crippen LogP contribution in [0.3, 0.4) is 0 Å². The SMILES string of the molecule is Cc1ncc([N+](=O)[O-])cc1C(=O)NC(C)CC(=O)O. The summed E-state index contributed by atoms with van der Waals surface area (Å²) in [6.07, 6.45) is 0.833. The number of rotatable bonds is 5. The molecule has 0 aliphatic rings. The predicted molar refractivity (Wildman–Crippen MR) is 64.8 cm³/mol. The molecule has 0 spiro atoms. The first-order chi connectivity index (χ1) is 8.81. The second-order valence-corrected chi connectivity index (χ2v) is 4.06. The molecule has 0 aliphatic heterocycles. The van der Waals surface area contributed by atoms with Gasteiger partial charge in [-0.25, -0.2) is 0 Å². The van der Waals surface area contributed by atoms with E-state index in [1.165, 1.54) is 6.92 Å². The quantitative estimate of drug-likeness (QED) is 0.603. The third kappa shape index (κ3) is 4.02. The summed E-state index contributed by atoms with van der Waals surface area (Å²) >= 11 is 0. The first-order valence-electron chi connectivity index (χ1n) is 5.45. The van der Waals surface area contributed by atoms with Gasteiger partial charge in [0, 0.05) is 12.1 Å². The van der Waals surface area contributed by atoms with E-state index in [0.717, 1.165) is 12.3 Å². The molecular weight excluding hydrogens is 254 g/mol. The first-order valence-corrected chi connectivity index (χ1v) is 5.45. The van der Waals surface area contributed by atoms with E-state index in [2.05, 4.69) is 10.3 Å². The van der Waals surface area contributed by atoms with Gasteiger partial charge in [-0.05, 0) is 13.8 Å². The minimum Gasteiger partial charge on any atom is -0.481 e. The van der Waals surface area contributed by atoms with Crippen molar-refractivity contribution in [2.75, 3.05) is 0 Å². The molecule has 1 rings (SSSR count). The molecule has 1 aromatic heterocycles. The van der Waals surface area contributed by atoms with Gasteiger partial charge in [-0.15, -0.1) is 0 Å². The summed E-state index contributed by atoms with van der Waals surface area (Å²) < 4.78 is 0. The maximum absolute atomic E-state index is 11.9. The summed E-state index contributed by atoms with van der Waals surface area (Å²) in [4.78, 5) is 36.1. The lowest BCUT2D eigenvalue weighted by Gasteiger charge is -2.12. The van der Waals surface area contributed by atoms with Gasteiger partial charge in [0.05, 0.1) is 22.6 Å². The normalized spacial score (nSPS) is 11.7. The fourth-order valence-corrected chi connectivity index (χ4v) is 1.47. The number of nitrogens with zero attached hydrogens (tertiary/aromatic N) is 2. The van der Waals surface area contributed by atoms with Crippen LogP contribution >= 0.6 is 0 Å². The van der Waals surface area contributed by atoms with Crippen molar-refractivity contribution in [1.82, 2.24) is 10.3 Å². The summed E-state index contributed by atoms with van der Waals surface area (Å²) in [5, 5.41) is 21.6. The van der Waals surface area contributed by atoms with E-state index in [-0.39, 0.29) is 17.7 Å². The third-order valence-corrected chi connectivity index (χ3v) is 2.39. The number of aromatic nitrogens is 1. The molecule has 0 radical (unpaired) electrons. The second-order valence-electron chi connectivity index (χ2n) is 4.06. The molecule has 0 saturated carbocycles. The van der Waals surface area contributed by atoms with Crippen LogP contribution in [0.25, 0.3) is 0 Å². The van der Waals surface area contributed by atoms with Crippen LogP contribution in [0.2, 0.25) is 0 Å². The predicted octanol–water partition coefficient (Wildman–Crippen LogP) is 0.891. The van der Waals surface area contributed by atoms with E-state index < -0.39 is 22.8 Å². The van der Waals surface area contributed by atoms with E-state index in [0.29, 0.717) is 5.69 Å². The number of carbonyl (C=O) groups is 2. The molecule has 8 nitrogen and oxygen atoms in total. The molecular formula is C11H13N3O5. The summed E-state index contributed by atoms with van der Waals surface area (Å²) in [7, 11) is 0. The van der Waals surface area contributed by atoms with Crippen LogP contribution in [-0.4, -0.2) is 32.9 Å². The van der Waals surface area contributed by atoms with Crippen molar-refractivity contribution < 1.29 is 19.6 Å². The van der Waals surface area contributed by atoms with Crippen molar-refractivity contribution >= 4 is 17.6 Å². The number of amides is 1. The minimum absolute atomic E-state index is 0.0615. The van der Waals surface area contributed by atoms with Crippen LogP contribution in [-0.2, 0) is 4.79 Å². The zero-order valence-electron chi connectivity index (χ0n) is 10.4. The Morgan fingerprint density at radius 1 is 1.58 bits per heavy atom. The Morgan fingerprint density at radius 3 is 2.74 bits per heavy atom. The maximum Gasteiger partial charge on any atom is 0.305 e. The number of nitro groups is 1. The average Bonchev–Trinajstić information content (AvgIpc) is 2.27. The van der Waals surface area contributed by atoms with Crippen LogP contribution in [0.1, 0.15) is 29.4 Å². The second kappa shape index (κ2) is 5.89. The van der Waals surface area contributed by atoms with Crippen LogP contribution < -0.4 is 5.32 Å². The van der Waals surface area contributed by atoms with Crippen molar-refractivity contribution in [2.24, 2.45) is 0 Å². The molecule has 19 heavy (non-hydrogen) atoms. The topological polar surface area (TPSA) is 122 Å². The monoisotopic (exact) mass is 267 g/mol. The van der Waals surface area contributed by atoms with Crippen molar-refractivity contribution in [1.29, 1.82) is 0 Å². The highest BCUT2D eigenvalue weighted by Gasteiger charge is 2.18. The number of hydrogen-bond donors (Lipinski definition) is 2. The molecule has 0 bridgehead atoms. The molecule has 1 amide bonds. The molecule has 2 N–H and O–H groups in total. The number of nitrogens with one attached hydrogen (secondary N) is 1. The molecule has 0 saturated heterocycles. The lowest BCUT2D eigenvalue weighted by molar-refractivity contribution is -0.385. The van der Waals surface area contributed by atoms with E-state index in [9.17, 15) is 19.7 Å². The highest BCUT2D eigenvalue weighted by atomic mass is 16.6. The Labute approximate surface area is 108 Å². The van der Waals surface area contributed by atoms with Gasteiger partial charge in [-0.1, -0.05) is 0 Å². The average molecular weight is 267 g/mol. The highest BCUT2D eigenvalue weighted by Crippen LogP contribution is 2.14. The van der Waals surface area contributed by atoms with Gasteiger partial charge in [-0.3, -0.25) is 24.7 Å². The number of aliphatic carboxylic acids is 1. The Bertz CT molecular complexity index is 529. The molecule has 1 aromatic rings. The van der Waals surface area contributed by atoms with Gasteiger partial charge in [0.2, 0.25) is 0 Å². The van der Waals surface area contributed by atoms with Gasteiger partial charge < -0.3 is 10.4 Å². The Kier molecular flexibility index (Phi) is 4.51. The van der Waals surface area contributed by atoms with E-state index in [4.69, 9.17) is 5.11 Å². The molecule has 8 heteroatoms. The van der Waals surface area contributed by atoms with Crippen LogP contribution in [0.4, 0.5) is 5.69 Å². The van der Waals surface area contributed by atoms with Gasteiger partial charge in [-0.2, -0.15) is 0 Å². The third-order valence-electron chi connectivity index (χ3n) is 2.39. The molecule has 1 unspecified atom stereocenters. The Hall–Kier alpha value is -2.51. The fraction of sp³-hybridized carbons (Fsp3) is 0.364. The maximum atomic E-state index is 11.9. The largest absolute Gasteiger partial charge is 0.481 e. The Balaban J connectivity index is 2.90. The molecule has 1 atom stereocenters. The number of aryl methyl sites for hydroxylation is 1. The van der Waals surface area contributed by atoms with Crippen LogP contribution in [0, 0.1) is 17.0 Å². The lowest BCUT2D eigenvalue weighted by Crippen LogP contribution is -2.34. The van der Waals surface area contributed by atoms with Crippen LogP contribution in [0.15, 0.2) is 12.3 Å². The van der Waals surface area contributed by atoms with Crippen LogP contribution in [0.5, 0.6) is 0 Å². The number of carbonyl (C=O) groups excluding carboxylic acids is 1. The smallest absolute Gasteiger partial charge is 0.305 e. The van der Waals surface area contributed by atoms with Crippen molar-refractivity contribution in [3.63, 3.8) is 0 Å². The standard InChI is InChI=1S/C11H13N3O5/c1-6(3-10(15)16)13-11(17)9-4-8(14(18)19)5-12-7(9)2/h4-6H,3H2,1-2H3,(H,13,17)(H,15,16). The Morgan fingerprint density at radius 2 is 2.21 bits per heavy atom. The molecule has 0 aliphatic carbocycles. The minimum atomic E-state index is -1.04. The van der Waals surface area contributed by atoms with Gasteiger partial charge in [0.1, 0.15) is 6.20 Å². The summed E-state index contributed by atoms with van der Waals surface area (Å²) in [6.45, 7) is 3.08. The summed E-state index contributed by atoms with van der Waals surface area (Å²) in [5.74, 6) is -1.62. The molecule has 102 valence electrons. The van der Waals surface area contributed by atoms with Crippen molar-refractivity contribution in [3.05, 3.63) is 33.6 Å². The number of pyridine rings is 1. The van der Waals surface area contributed by atoms with Crippen molar-refractivity contribution in [3.8, 4) is 0 Å². The van der Waals surface area contributed by atoms with E-state index in [1.54, 1.807) is 6.92 Å². The van der Waals surface area contributed by atoms with E-state index in [1.807, 2.05) is 0 Å². The van der Waals surface area contributed by atoms with E-state index >= 15 is 0 Å². The number of hydrogen-bond acceptors (Lipinski definition) is 5. The lowest BCUT2D eigenvalue weighted by atomic mass is 10.1. The zero-order chi connectivity index (χ0) is 14.6. The van der Waals surface area contributed by atoms with Crippen molar-refractivity contribution in [2.45, 2.75) is 26.3 Å². The summed E-state index contributed by atoms with van der Waals surface area (Å²) in [6, 6.07) is 0.536. The fourth-order valence-electron chi connectivity index (χ4n) is 1.47. The number of carboxylic acids is 1. The molecule has 0 fully saturated rings. The van der Waals surface area contributed by atoms with Gasteiger partial charge in [0.15, 0.2) is 0 Å². The zero-order valence-corrected chi connectivity index (χ0v) is 10.4. The first kappa shape index (κ1) is 14.6. The highest BCUT2D eigenvalue weighted by molar-refractivity contribution is 5.96. The number of carboxylic acid groups (broad SMARTS) is 1.